The lowest BCUT2D eigenvalue weighted by atomic mass is 9.92. The molecule has 1 saturated carbocycles. The summed E-state index contributed by atoms with van der Waals surface area (Å²) in [7, 11) is 0. The van der Waals surface area contributed by atoms with Gasteiger partial charge in [-0.05, 0) is 36.7 Å². The molecule has 1 atom stereocenters. The van der Waals surface area contributed by atoms with Gasteiger partial charge in [0, 0.05) is 0 Å². The summed E-state index contributed by atoms with van der Waals surface area (Å²) in [5.41, 5.74) is 1.48. The Hall–Kier alpha value is -0.780. The molecule has 0 heteroatoms. The van der Waals surface area contributed by atoms with Crippen molar-refractivity contribution in [3.8, 4) is 0 Å². The van der Waals surface area contributed by atoms with Gasteiger partial charge in [-0.1, -0.05) is 37.3 Å². The Bertz CT molecular complexity index is 233. The predicted octanol–water partition coefficient (Wildman–Crippen LogP) is 3.40. The van der Waals surface area contributed by atoms with Gasteiger partial charge >= 0.3 is 0 Å². The summed E-state index contributed by atoms with van der Waals surface area (Å²) in [5.74, 6) is 1.66. The zero-order valence-electron chi connectivity index (χ0n) is 7.37. The van der Waals surface area contributed by atoms with Crippen LogP contribution in [0.4, 0.5) is 0 Å². The molecule has 0 bridgehead atoms. The van der Waals surface area contributed by atoms with Gasteiger partial charge in [0.05, 0.1) is 0 Å². The molecule has 1 aromatic carbocycles. The molecule has 0 amide bonds. The summed E-state index contributed by atoms with van der Waals surface area (Å²) in [4.78, 5) is 0. The van der Waals surface area contributed by atoms with E-state index in [9.17, 15) is 0 Å². The van der Waals surface area contributed by atoms with E-state index < -0.39 is 0 Å². The van der Waals surface area contributed by atoms with Crippen molar-refractivity contribution in [1.82, 2.24) is 0 Å². The van der Waals surface area contributed by atoms with Crippen molar-refractivity contribution >= 4 is 0 Å². The first-order chi connectivity index (χ1) is 5.92. The average molecular weight is 159 g/mol. The molecule has 1 fully saturated rings. The highest BCUT2D eigenvalue weighted by molar-refractivity contribution is 5.21. The second kappa shape index (κ2) is 3.30. The van der Waals surface area contributed by atoms with Gasteiger partial charge in [-0.25, -0.2) is 0 Å². The Morgan fingerprint density at radius 3 is 2.42 bits per heavy atom. The second-order valence-electron chi connectivity index (χ2n) is 3.64. The third-order valence-electron chi connectivity index (χ3n) is 2.73. The maximum atomic E-state index is 4.02. The largest absolute Gasteiger partial charge is 0.0622 e. The van der Waals surface area contributed by atoms with Crippen molar-refractivity contribution < 1.29 is 0 Å². The SMILES string of the molecule is [CH2]CC(c1ccccc1)C1CC1. The number of rotatable bonds is 3. The van der Waals surface area contributed by atoms with E-state index in [1.54, 1.807) is 0 Å². The summed E-state index contributed by atoms with van der Waals surface area (Å²) in [6.07, 6.45) is 3.87. The average Bonchev–Trinajstić information content (AvgIpc) is 2.92. The molecule has 0 saturated heterocycles. The molecule has 0 aliphatic heterocycles. The van der Waals surface area contributed by atoms with Crippen LogP contribution >= 0.6 is 0 Å². The Morgan fingerprint density at radius 2 is 1.92 bits per heavy atom. The molecule has 2 rings (SSSR count). The molecular weight excluding hydrogens is 144 g/mol. The highest BCUT2D eigenvalue weighted by Crippen LogP contribution is 2.44. The van der Waals surface area contributed by atoms with Crippen molar-refractivity contribution in [1.29, 1.82) is 0 Å². The van der Waals surface area contributed by atoms with E-state index >= 15 is 0 Å². The van der Waals surface area contributed by atoms with E-state index in [0.717, 1.165) is 18.3 Å². The van der Waals surface area contributed by atoms with Gasteiger partial charge in [0.15, 0.2) is 0 Å². The Balaban J connectivity index is 2.15. The van der Waals surface area contributed by atoms with Crippen LogP contribution < -0.4 is 0 Å². The summed E-state index contributed by atoms with van der Waals surface area (Å²) < 4.78 is 0. The molecule has 1 aliphatic carbocycles. The van der Waals surface area contributed by atoms with Crippen LogP contribution in [0.15, 0.2) is 30.3 Å². The minimum atomic E-state index is 0.728. The smallest absolute Gasteiger partial charge is 0.0134 e. The van der Waals surface area contributed by atoms with Gasteiger partial charge < -0.3 is 0 Å². The lowest BCUT2D eigenvalue weighted by Gasteiger charge is -2.13. The van der Waals surface area contributed by atoms with E-state index in [1.807, 2.05) is 0 Å². The van der Waals surface area contributed by atoms with E-state index in [0.29, 0.717) is 0 Å². The van der Waals surface area contributed by atoms with Gasteiger partial charge in [0.25, 0.3) is 0 Å². The van der Waals surface area contributed by atoms with Gasteiger partial charge in [0.2, 0.25) is 0 Å². The van der Waals surface area contributed by atoms with Gasteiger partial charge in [0.1, 0.15) is 0 Å². The van der Waals surface area contributed by atoms with Crippen molar-refractivity contribution in [3.05, 3.63) is 42.8 Å². The second-order valence-corrected chi connectivity index (χ2v) is 3.64. The molecule has 0 heterocycles. The molecule has 1 unspecified atom stereocenters. The summed E-state index contributed by atoms with van der Waals surface area (Å²) in [5, 5.41) is 0. The van der Waals surface area contributed by atoms with Crippen LogP contribution in [0.25, 0.3) is 0 Å². The first-order valence-corrected chi connectivity index (χ1v) is 4.76. The third-order valence-corrected chi connectivity index (χ3v) is 2.73. The van der Waals surface area contributed by atoms with Crippen molar-refractivity contribution in [2.24, 2.45) is 5.92 Å². The highest BCUT2D eigenvalue weighted by Gasteiger charge is 2.30. The number of benzene rings is 1. The van der Waals surface area contributed by atoms with E-state index in [1.165, 1.54) is 18.4 Å². The minimum absolute atomic E-state index is 0.728. The van der Waals surface area contributed by atoms with Crippen LogP contribution in [0.1, 0.15) is 30.7 Å². The van der Waals surface area contributed by atoms with E-state index in [4.69, 9.17) is 0 Å². The zero-order chi connectivity index (χ0) is 8.39. The van der Waals surface area contributed by atoms with Crippen molar-refractivity contribution in [2.75, 3.05) is 0 Å². The van der Waals surface area contributed by atoms with Crippen molar-refractivity contribution in [2.45, 2.75) is 25.2 Å². The monoisotopic (exact) mass is 159 g/mol. The third kappa shape index (κ3) is 1.52. The quantitative estimate of drug-likeness (QED) is 0.634. The molecular formula is C12H15. The first-order valence-electron chi connectivity index (χ1n) is 4.76. The Labute approximate surface area is 74.6 Å². The maximum Gasteiger partial charge on any atom is -0.0134 e. The van der Waals surface area contributed by atoms with Gasteiger partial charge in [-0.15, -0.1) is 0 Å². The van der Waals surface area contributed by atoms with Crippen LogP contribution in [0.3, 0.4) is 0 Å². The van der Waals surface area contributed by atoms with Crippen LogP contribution in [-0.4, -0.2) is 0 Å². The standard InChI is InChI=1S/C12H15/c1-2-12(11-8-9-11)10-6-4-3-5-7-10/h3-7,11-12H,1-2,8-9H2. The maximum absolute atomic E-state index is 4.02. The molecule has 63 valence electrons. The molecule has 1 aromatic rings. The van der Waals surface area contributed by atoms with E-state index in [-0.39, 0.29) is 0 Å². The van der Waals surface area contributed by atoms with Gasteiger partial charge in [-0.3, -0.25) is 0 Å². The minimum Gasteiger partial charge on any atom is -0.0622 e. The normalized spacial score (nSPS) is 19.1. The molecule has 0 spiro atoms. The molecule has 12 heavy (non-hydrogen) atoms. The van der Waals surface area contributed by atoms with E-state index in [2.05, 4.69) is 37.3 Å². The Morgan fingerprint density at radius 1 is 1.25 bits per heavy atom. The lowest BCUT2D eigenvalue weighted by molar-refractivity contribution is 0.612. The molecule has 1 aliphatic rings. The summed E-state index contributed by atoms with van der Waals surface area (Å²) >= 11 is 0. The Kier molecular flexibility index (Phi) is 2.16. The fourth-order valence-corrected chi connectivity index (χ4v) is 1.87. The summed E-state index contributed by atoms with van der Waals surface area (Å²) in [6, 6.07) is 10.8. The van der Waals surface area contributed by atoms with Crippen LogP contribution in [-0.2, 0) is 0 Å². The number of hydrogen-bond donors (Lipinski definition) is 0. The molecule has 0 aromatic heterocycles. The van der Waals surface area contributed by atoms with Crippen LogP contribution in [0.2, 0.25) is 0 Å². The fraction of sp³-hybridized carbons (Fsp3) is 0.417. The first kappa shape index (κ1) is 7.85. The molecule has 1 radical (unpaired) electrons. The van der Waals surface area contributed by atoms with Crippen LogP contribution in [0.5, 0.6) is 0 Å². The predicted molar refractivity (Wildman–Crippen MR) is 51.9 cm³/mol. The van der Waals surface area contributed by atoms with Gasteiger partial charge in [-0.2, -0.15) is 0 Å². The number of hydrogen-bond acceptors (Lipinski definition) is 0. The molecule has 0 N–H and O–H groups in total. The fourth-order valence-electron chi connectivity index (χ4n) is 1.87. The topological polar surface area (TPSA) is 0 Å². The lowest BCUT2D eigenvalue weighted by Crippen LogP contribution is -1.98. The van der Waals surface area contributed by atoms with Crippen LogP contribution in [0, 0.1) is 12.8 Å². The summed E-state index contributed by atoms with van der Waals surface area (Å²) in [6.45, 7) is 4.02. The highest BCUT2D eigenvalue weighted by atomic mass is 14.3. The zero-order valence-corrected chi connectivity index (χ0v) is 7.37. The molecule has 0 nitrogen and oxygen atoms in total. The van der Waals surface area contributed by atoms with Crippen molar-refractivity contribution in [3.63, 3.8) is 0 Å².